The fourth-order valence-corrected chi connectivity index (χ4v) is 4.47. The summed E-state index contributed by atoms with van der Waals surface area (Å²) in [7, 11) is 0. The van der Waals surface area contributed by atoms with Gasteiger partial charge in [-0.3, -0.25) is 9.59 Å². The van der Waals surface area contributed by atoms with E-state index in [-0.39, 0.29) is 17.2 Å². The summed E-state index contributed by atoms with van der Waals surface area (Å²) in [6, 6.07) is 14.3. The van der Waals surface area contributed by atoms with Crippen molar-refractivity contribution in [3.05, 3.63) is 59.2 Å². The zero-order valence-electron chi connectivity index (χ0n) is 19.6. The molecule has 1 aliphatic carbocycles. The number of hydrogen-bond donors (Lipinski definition) is 1. The molecule has 1 heterocycles. The maximum atomic E-state index is 13.0. The van der Waals surface area contributed by atoms with E-state index in [2.05, 4.69) is 45.9 Å². The van der Waals surface area contributed by atoms with E-state index in [0.29, 0.717) is 44.6 Å². The van der Waals surface area contributed by atoms with Crippen LogP contribution in [0, 0.1) is 12.3 Å². The first-order chi connectivity index (χ1) is 15.1. The normalized spacial score (nSPS) is 17.9. The van der Waals surface area contributed by atoms with Gasteiger partial charge in [-0.25, -0.2) is 0 Å². The monoisotopic (exact) mass is 434 g/mol. The average molecular weight is 435 g/mol. The number of carbonyl (C=O) groups is 2. The van der Waals surface area contributed by atoms with Gasteiger partial charge >= 0.3 is 0 Å². The maximum absolute atomic E-state index is 13.0. The van der Waals surface area contributed by atoms with Gasteiger partial charge in [-0.1, -0.05) is 51.1 Å². The molecule has 0 spiro atoms. The molecule has 5 heteroatoms. The van der Waals surface area contributed by atoms with Crippen LogP contribution in [0.4, 0.5) is 0 Å². The van der Waals surface area contributed by atoms with Gasteiger partial charge in [0.05, 0.1) is 0 Å². The molecule has 170 valence electrons. The Morgan fingerprint density at radius 2 is 1.53 bits per heavy atom. The Kier molecular flexibility index (Phi) is 5.89. The molecule has 2 fully saturated rings. The van der Waals surface area contributed by atoms with Crippen LogP contribution in [0.3, 0.4) is 0 Å². The fourth-order valence-electron chi connectivity index (χ4n) is 4.47. The molecule has 0 bridgehead atoms. The quantitative estimate of drug-likeness (QED) is 0.789. The third kappa shape index (κ3) is 4.73. The molecule has 0 atom stereocenters. The van der Waals surface area contributed by atoms with Crippen LogP contribution >= 0.6 is 0 Å². The minimum absolute atomic E-state index is 0.00742. The Balaban J connectivity index is 1.43. The number of hydrogen-bond acceptors (Lipinski definition) is 3. The predicted octanol–water partition coefficient (Wildman–Crippen LogP) is 4.06. The molecule has 1 saturated carbocycles. The molecule has 2 aromatic carbocycles. The summed E-state index contributed by atoms with van der Waals surface area (Å²) in [6.45, 7) is 10.9. The Morgan fingerprint density at radius 3 is 2.09 bits per heavy atom. The summed E-state index contributed by atoms with van der Waals surface area (Å²) in [5.41, 5.74) is 4.73. The van der Waals surface area contributed by atoms with Crippen molar-refractivity contribution in [3.63, 3.8) is 0 Å². The topological polar surface area (TPSA) is 60.9 Å². The third-order valence-electron chi connectivity index (χ3n) is 6.59. The van der Waals surface area contributed by atoms with Crippen molar-refractivity contribution >= 4 is 11.8 Å². The zero-order valence-corrected chi connectivity index (χ0v) is 19.6. The van der Waals surface area contributed by atoms with Crippen LogP contribution in [-0.2, 0) is 11.2 Å². The molecule has 4 rings (SSSR count). The van der Waals surface area contributed by atoms with Crippen molar-refractivity contribution in [3.8, 4) is 11.1 Å². The minimum Gasteiger partial charge on any atom is -0.380 e. The maximum Gasteiger partial charge on any atom is 0.254 e. The number of nitrogens with zero attached hydrogens (tertiary/aromatic N) is 2. The average Bonchev–Trinajstić information content (AvgIpc) is 3.52. The number of piperazine rings is 1. The van der Waals surface area contributed by atoms with Gasteiger partial charge < -0.3 is 14.9 Å². The van der Waals surface area contributed by atoms with Crippen molar-refractivity contribution in [2.75, 3.05) is 26.2 Å². The van der Waals surface area contributed by atoms with Crippen LogP contribution in [-0.4, -0.2) is 58.5 Å². The third-order valence-corrected chi connectivity index (χ3v) is 6.59. The summed E-state index contributed by atoms with van der Waals surface area (Å²) in [6.07, 6.45) is 2.13. The molecule has 0 aromatic heterocycles. The molecule has 0 radical (unpaired) electrons. The molecule has 32 heavy (non-hydrogen) atoms. The lowest BCUT2D eigenvalue weighted by Crippen LogP contribution is -2.53. The van der Waals surface area contributed by atoms with Gasteiger partial charge in [-0.2, -0.15) is 0 Å². The second-order valence-corrected chi connectivity index (χ2v) is 10.5. The molecule has 1 N–H and O–H groups in total. The van der Waals surface area contributed by atoms with Gasteiger partial charge in [0.15, 0.2) is 0 Å². The molecule has 2 aliphatic rings. The lowest BCUT2D eigenvalue weighted by molar-refractivity contribution is -0.143. The lowest BCUT2D eigenvalue weighted by Gasteiger charge is -2.35. The number of rotatable bonds is 4. The van der Waals surface area contributed by atoms with E-state index in [0.717, 1.165) is 12.0 Å². The molecule has 2 aromatic rings. The van der Waals surface area contributed by atoms with Gasteiger partial charge in [0.1, 0.15) is 5.60 Å². The molecule has 5 nitrogen and oxygen atoms in total. The largest absolute Gasteiger partial charge is 0.380 e. The van der Waals surface area contributed by atoms with Crippen LogP contribution in [0.25, 0.3) is 11.1 Å². The number of amides is 2. The molecular weight excluding hydrogens is 400 g/mol. The molecule has 1 saturated heterocycles. The molecule has 2 amide bonds. The van der Waals surface area contributed by atoms with E-state index in [4.69, 9.17) is 0 Å². The SMILES string of the molecule is Cc1c(CC(C)(C)C)cccc1-c1ccc(C(=O)N2CCN(C(=O)C3(O)CC3)CC2)cc1. The Bertz CT molecular complexity index is 1010. The number of carbonyl (C=O) groups excluding carboxylic acids is 2. The van der Waals surface area contributed by atoms with E-state index in [1.807, 2.05) is 24.3 Å². The summed E-state index contributed by atoms with van der Waals surface area (Å²) in [5.74, 6) is -0.190. The van der Waals surface area contributed by atoms with Crippen LogP contribution in [0.2, 0.25) is 0 Å². The van der Waals surface area contributed by atoms with Gasteiger partial charge in [-0.15, -0.1) is 0 Å². The van der Waals surface area contributed by atoms with Crippen molar-refractivity contribution in [2.45, 2.75) is 52.6 Å². The van der Waals surface area contributed by atoms with Crippen LogP contribution in [0.1, 0.15) is 55.1 Å². The lowest BCUT2D eigenvalue weighted by atomic mass is 9.84. The van der Waals surface area contributed by atoms with Gasteiger partial charge in [-0.05, 0) is 66.0 Å². The zero-order chi connectivity index (χ0) is 23.1. The summed E-state index contributed by atoms with van der Waals surface area (Å²) < 4.78 is 0. The highest BCUT2D eigenvalue weighted by molar-refractivity contribution is 5.95. The van der Waals surface area contributed by atoms with E-state index in [1.165, 1.54) is 16.7 Å². The van der Waals surface area contributed by atoms with Crippen LogP contribution in [0.15, 0.2) is 42.5 Å². The van der Waals surface area contributed by atoms with Crippen LogP contribution < -0.4 is 0 Å². The van der Waals surface area contributed by atoms with Gasteiger partial charge in [0, 0.05) is 31.7 Å². The highest BCUT2D eigenvalue weighted by Crippen LogP contribution is 2.37. The Labute approximate surface area is 191 Å². The van der Waals surface area contributed by atoms with Gasteiger partial charge in [0.25, 0.3) is 11.8 Å². The fraction of sp³-hybridized carbons (Fsp3) is 0.481. The van der Waals surface area contributed by atoms with E-state index in [1.54, 1.807) is 9.80 Å². The number of benzene rings is 2. The standard InChI is InChI=1S/C27H34N2O3/c1-19-22(18-26(2,3)4)6-5-7-23(19)20-8-10-21(11-9-20)24(30)28-14-16-29(17-15-28)25(31)27(32)12-13-27/h5-11,32H,12-18H2,1-4H3. The Hall–Kier alpha value is -2.66. The summed E-state index contributed by atoms with van der Waals surface area (Å²) in [4.78, 5) is 28.8. The van der Waals surface area contributed by atoms with Crippen molar-refractivity contribution in [1.82, 2.24) is 9.80 Å². The van der Waals surface area contributed by atoms with E-state index < -0.39 is 5.60 Å². The van der Waals surface area contributed by atoms with Crippen molar-refractivity contribution in [1.29, 1.82) is 0 Å². The second-order valence-electron chi connectivity index (χ2n) is 10.5. The minimum atomic E-state index is -1.13. The predicted molar refractivity (Wildman–Crippen MR) is 126 cm³/mol. The van der Waals surface area contributed by atoms with Gasteiger partial charge in [0.2, 0.25) is 0 Å². The highest BCUT2D eigenvalue weighted by atomic mass is 16.3. The smallest absolute Gasteiger partial charge is 0.254 e. The summed E-state index contributed by atoms with van der Waals surface area (Å²) >= 11 is 0. The Morgan fingerprint density at radius 1 is 0.938 bits per heavy atom. The first kappa shape index (κ1) is 22.5. The molecule has 1 aliphatic heterocycles. The first-order valence-corrected chi connectivity index (χ1v) is 11.6. The first-order valence-electron chi connectivity index (χ1n) is 11.6. The van der Waals surface area contributed by atoms with Crippen molar-refractivity contribution < 1.29 is 14.7 Å². The number of aliphatic hydroxyl groups is 1. The molecular formula is C27H34N2O3. The second kappa shape index (κ2) is 8.36. The van der Waals surface area contributed by atoms with E-state index >= 15 is 0 Å². The molecule has 0 unspecified atom stereocenters. The van der Waals surface area contributed by atoms with Crippen molar-refractivity contribution in [2.24, 2.45) is 5.41 Å². The highest BCUT2D eigenvalue weighted by Gasteiger charge is 2.50. The van der Waals surface area contributed by atoms with Crippen LogP contribution in [0.5, 0.6) is 0 Å². The van der Waals surface area contributed by atoms with E-state index in [9.17, 15) is 14.7 Å². The summed E-state index contributed by atoms with van der Waals surface area (Å²) in [5, 5.41) is 10.0.